The first kappa shape index (κ1) is 13.7. The highest BCUT2D eigenvalue weighted by atomic mass is 79.9. The van der Waals surface area contributed by atoms with Crippen LogP contribution < -0.4 is 0 Å². The fourth-order valence-electron chi connectivity index (χ4n) is 2.96. The predicted molar refractivity (Wildman–Crippen MR) is 85.1 cm³/mol. The van der Waals surface area contributed by atoms with E-state index < -0.39 is 0 Å². The molecule has 0 aliphatic carbocycles. The number of hydrogen-bond acceptors (Lipinski definition) is 1. The van der Waals surface area contributed by atoms with E-state index in [9.17, 15) is 4.79 Å². The van der Waals surface area contributed by atoms with Crippen LogP contribution in [0, 0.1) is 0 Å². The lowest BCUT2D eigenvalue weighted by Crippen LogP contribution is -2.35. The normalized spacial score (nSPS) is 15.8. The van der Waals surface area contributed by atoms with Gasteiger partial charge in [-0.3, -0.25) is 4.79 Å². The third-order valence-electron chi connectivity index (χ3n) is 4.06. The minimum absolute atomic E-state index is 0.184. The van der Waals surface area contributed by atoms with Gasteiger partial charge in [-0.05, 0) is 38.3 Å². The summed E-state index contributed by atoms with van der Waals surface area (Å²) in [7, 11) is 0. The second-order valence-corrected chi connectivity index (χ2v) is 6.26. The van der Waals surface area contributed by atoms with E-state index in [1.54, 1.807) is 0 Å². The van der Waals surface area contributed by atoms with Crippen molar-refractivity contribution in [2.45, 2.75) is 32.7 Å². The van der Waals surface area contributed by atoms with Crippen molar-refractivity contribution >= 4 is 32.7 Å². The Morgan fingerprint density at radius 2 is 2.00 bits per heavy atom. The molecule has 2 aromatic rings. The summed E-state index contributed by atoms with van der Waals surface area (Å²) in [5, 5.41) is 1.06. The van der Waals surface area contributed by atoms with Crippen molar-refractivity contribution in [3.63, 3.8) is 0 Å². The highest BCUT2D eigenvalue weighted by molar-refractivity contribution is 9.10. The number of hydrogen-bond donors (Lipinski definition) is 0. The van der Waals surface area contributed by atoms with Gasteiger partial charge in [0, 0.05) is 41.2 Å². The van der Waals surface area contributed by atoms with Gasteiger partial charge in [0.2, 0.25) is 0 Å². The molecule has 0 spiro atoms. The maximum absolute atomic E-state index is 12.7. The molecule has 1 aromatic carbocycles. The van der Waals surface area contributed by atoms with Crippen LogP contribution in [-0.4, -0.2) is 28.5 Å². The Labute approximate surface area is 127 Å². The summed E-state index contributed by atoms with van der Waals surface area (Å²) in [6.45, 7) is 4.78. The van der Waals surface area contributed by atoms with E-state index in [-0.39, 0.29) is 5.91 Å². The van der Waals surface area contributed by atoms with Crippen LogP contribution in [0.2, 0.25) is 0 Å². The number of halogens is 1. The van der Waals surface area contributed by atoms with Gasteiger partial charge in [-0.2, -0.15) is 0 Å². The van der Waals surface area contributed by atoms with Gasteiger partial charge >= 0.3 is 0 Å². The van der Waals surface area contributed by atoms with Gasteiger partial charge in [-0.25, -0.2) is 0 Å². The molecule has 3 nitrogen and oxygen atoms in total. The maximum Gasteiger partial charge on any atom is 0.256 e. The minimum atomic E-state index is 0.184. The molecule has 1 aliphatic rings. The van der Waals surface area contributed by atoms with Crippen molar-refractivity contribution in [1.29, 1.82) is 0 Å². The van der Waals surface area contributed by atoms with E-state index in [0.29, 0.717) is 0 Å². The lowest BCUT2D eigenvalue weighted by molar-refractivity contribution is 0.0726. The first-order valence-electron chi connectivity index (χ1n) is 7.28. The van der Waals surface area contributed by atoms with Crippen LogP contribution in [0.4, 0.5) is 0 Å². The number of amides is 1. The van der Waals surface area contributed by atoms with Crippen LogP contribution in [0.3, 0.4) is 0 Å². The summed E-state index contributed by atoms with van der Waals surface area (Å²) in [5.41, 5.74) is 1.97. The van der Waals surface area contributed by atoms with Gasteiger partial charge in [-0.1, -0.05) is 22.0 Å². The van der Waals surface area contributed by atoms with Crippen LogP contribution in [0.15, 0.2) is 28.9 Å². The number of likely N-dealkylation sites (tertiary alicyclic amines) is 1. The lowest BCUT2D eigenvalue weighted by atomic mass is 10.1. The highest BCUT2D eigenvalue weighted by Gasteiger charge is 2.22. The molecule has 1 saturated heterocycles. The second kappa shape index (κ2) is 5.60. The Morgan fingerprint density at radius 1 is 1.25 bits per heavy atom. The van der Waals surface area contributed by atoms with Gasteiger partial charge in [-0.15, -0.1) is 0 Å². The molecular formula is C16H19BrN2O. The summed E-state index contributed by atoms with van der Waals surface area (Å²) < 4.78 is 3.20. The Balaban J connectivity index is 2.04. The van der Waals surface area contributed by atoms with Crippen LogP contribution in [-0.2, 0) is 6.54 Å². The summed E-state index contributed by atoms with van der Waals surface area (Å²) in [6.07, 6.45) is 5.51. The van der Waals surface area contributed by atoms with Crippen LogP contribution in [0.25, 0.3) is 10.9 Å². The predicted octanol–water partition coefficient (Wildman–Crippen LogP) is 4.05. The molecule has 106 valence electrons. The molecule has 4 heteroatoms. The topological polar surface area (TPSA) is 25.2 Å². The SMILES string of the molecule is CCn1cc(C(=O)N2CCCCC2)c2ccc(Br)cc21. The number of piperidine rings is 1. The molecule has 3 rings (SSSR count). The molecule has 0 atom stereocenters. The molecule has 1 aromatic heterocycles. The van der Waals surface area contributed by atoms with E-state index in [0.717, 1.165) is 53.4 Å². The standard InChI is InChI=1S/C16H19BrN2O/c1-2-18-11-14(13-7-6-12(17)10-15(13)18)16(20)19-8-4-3-5-9-19/h6-7,10-11H,2-5,8-9H2,1H3. The zero-order valence-electron chi connectivity index (χ0n) is 11.7. The van der Waals surface area contributed by atoms with Crippen molar-refractivity contribution in [2.24, 2.45) is 0 Å². The van der Waals surface area contributed by atoms with Gasteiger partial charge in [0.05, 0.1) is 5.56 Å². The fraction of sp³-hybridized carbons (Fsp3) is 0.438. The van der Waals surface area contributed by atoms with E-state index in [4.69, 9.17) is 0 Å². The molecule has 0 radical (unpaired) electrons. The average molecular weight is 335 g/mol. The number of aryl methyl sites for hydroxylation is 1. The molecular weight excluding hydrogens is 316 g/mol. The monoisotopic (exact) mass is 334 g/mol. The number of carbonyl (C=O) groups excluding carboxylic acids is 1. The molecule has 1 fully saturated rings. The van der Waals surface area contributed by atoms with Crippen LogP contribution >= 0.6 is 15.9 Å². The lowest BCUT2D eigenvalue weighted by Gasteiger charge is -2.26. The van der Waals surface area contributed by atoms with Gasteiger partial charge in [0.1, 0.15) is 0 Å². The maximum atomic E-state index is 12.7. The highest BCUT2D eigenvalue weighted by Crippen LogP contribution is 2.27. The number of aromatic nitrogens is 1. The van der Waals surface area contributed by atoms with Crippen LogP contribution in [0.5, 0.6) is 0 Å². The Morgan fingerprint density at radius 3 is 2.70 bits per heavy atom. The molecule has 0 N–H and O–H groups in total. The van der Waals surface area contributed by atoms with Crippen molar-refractivity contribution in [3.05, 3.63) is 34.4 Å². The zero-order valence-corrected chi connectivity index (χ0v) is 13.3. The minimum Gasteiger partial charge on any atom is -0.347 e. The fourth-order valence-corrected chi connectivity index (χ4v) is 3.31. The van der Waals surface area contributed by atoms with E-state index in [1.165, 1.54) is 6.42 Å². The largest absolute Gasteiger partial charge is 0.347 e. The number of nitrogens with zero attached hydrogens (tertiary/aromatic N) is 2. The third kappa shape index (κ3) is 2.37. The number of benzene rings is 1. The molecule has 0 bridgehead atoms. The second-order valence-electron chi connectivity index (χ2n) is 5.34. The molecule has 1 amide bonds. The Kier molecular flexibility index (Phi) is 3.83. The summed E-state index contributed by atoms with van der Waals surface area (Å²) in [5.74, 6) is 0.184. The summed E-state index contributed by atoms with van der Waals surface area (Å²) in [6, 6.07) is 6.14. The van der Waals surface area contributed by atoms with Crippen molar-refractivity contribution < 1.29 is 4.79 Å². The van der Waals surface area contributed by atoms with E-state index >= 15 is 0 Å². The summed E-state index contributed by atoms with van der Waals surface area (Å²) in [4.78, 5) is 14.7. The first-order valence-corrected chi connectivity index (χ1v) is 8.07. The van der Waals surface area contributed by atoms with E-state index in [1.807, 2.05) is 23.2 Å². The van der Waals surface area contributed by atoms with Gasteiger partial charge in [0.15, 0.2) is 0 Å². The molecule has 0 saturated carbocycles. The van der Waals surface area contributed by atoms with Crippen molar-refractivity contribution in [3.8, 4) is 0 Å². The Hall–Kier alpha value is -1.29. The van der Waals surface area contributed by atoms with Gasteiger partial charge in [0.25, 0.3) is 5.91 Å². The van der Waals surface area contributed by atoms with E-state index in [2.05, 4.69) is 33.5 Å². The smallest absolute Gasteiger partial charge is 0.256 e. The number of rotatable bonds is 2. The Bertz CT molecular complexity index is 641. The summed E-state index contributed by atoms with van der Waals surface area (Å²) >= 11 is 3.51. The van der Waals surface area contributed by atoms with Crippen LogP contribution in [0.1, 0.15) is 36.5 Å². The zero-order chi connectivity index (χ0) is 14.1. The quantitative estimate of drug-likeness (QED) is 0.813. The van der Waals surface area contributed by atoms with Crippen molar-refractivity contribution in [2.75, 3.05) is 13.1 Å². The first-order chi connectivity index (χ1) is 9.70. The van der Waals surface area contributed by atoms with Gasteiger partial charge < -0.3 is 9.47 Å². The average Bonchev–Trinajstić information content (AvgIpc) is 2.85. The molecule has 2 heterocycles. The van der Waals surface area contributed by atoms with Crippen molar-refractivity contribution in [1.82, 2.24) is 9.47 Å². The number of carbonyl (C=O) groups is 1. The molecule has 20 heavy (non-hydrogen) atoms. The number of fused-ring (bicyclic) bond motifs is 1. The third-order valence-corrected chi connectivity index (χ3v) is 4.55. The molecule has 0 unspecified atom stereocenters. The molecule has 1 aliphatic heterocycles.